The quantitative estimate of drug-likeness (QED) is 0.776. The normalized spacial score (nSPS) is 11.4. The summed E-state index contributed by atoms with van der Waals surface area (Å²) in [4.78, 5) is 14.5. The SMILES string of the molecule is Nc1c[nH]c(C(=O)Nc2cc(C(F)(F)F)ccc2Br)c1. The second kappa shape index (κ2) is 5.20. The number of nitrogens with one attached hydrogen (secondary N) is 2. The molecule has 1 heterocycles. The van der Waals surface area contributed by atoms with Crippen molar-refractivity contribution in [3.8, 4) is 0 Å². The van der Waals surface area contributed by atoms with Gasteiger partial charge in [0.05, 0.1) is 11.3 Å². The van der Waals surface area contributed by atoms with Crippen LogP contribution in [0, 0.1) is 0 Å². The standard InChI is InChI=1S/C12H9BrF3N3O/c13-8-2-1-6(12(14,15)16)3-9(8)19-11(20)10-4-7(17)5-18-10/h1-5,18H,17H2,(H,19,20). The fourth-order valence-electron chi connectivity index (χ4n) is 1.53. The first-order valence-corrected chi connectivity index (χ1v) is 6.18. The lowest BCUT2D eigenvalue weighted by Crippen LogP contribution is -2.14. The van der Waals surface area contributed by atoms with E-state index in [0.29, 0.717) is 10.2 Å². The van der Waals surface area contributed by atoms with Crippen LogP contribution in [0.2, 0.25) is 0 Å². The number of hydrogen-bond acceptors (Lipinski definition) is 2. The molecule has 4 nitrogen and oxygen atoms in total. The summed E-state index contributed by atoms with van der Waals surface area (Å²) in [7, 11) is 0. The predicted molar refractivity (Wildman–Crippen MR) is 72.3 cm³/mol. The summed E-state index contributed by atoms with van der Waals surface area (Å²) in [5, 5.41) is 2.38. The van der Waals surface area contributed by atoms with Gasteiger partial charge in [-0.25, -0.2) is 0 Å². The van der Waals surface area contributed by atoms with Crippen molar-refractivity contribution in [2.24, 2.45) is 0 Å². The molecule has 0 aliphatic rings. The number of carbonyl (C=O) groups is 1. The number of rotatable bonds is 2. The molecule has 20 heavy (non-hydrogen) atoms. The van der Waals surface area contributed by atoms with Crippen molar-refractivity contribution < 1.29 is 18.0 Å². The Labute approximate surface area is 120 Å². The van der Waals surface area contributed by atoms with Crippen molar-refractivity contribution in [1.82, 2.24) is 4.98 Å². The zero-order valence-corrected chi connectivity index (χ0v) is 11.5. The van der Waals surface area contributed by atoms with E-state index in [1.54, 1.807) is 0 Å². The van der Waals surface area contributed by atoms with Gasteiger partial charge in [0.1, 0.15) is 5.69 Å². The molecule has 4 N–H and O–H groups in total. The lowest BCUT2D eigenvalue weighted by atomic mass is 10.2. The Hall–Kier alpha value is -1.96. The average Bonchev–Trinajstić information content (AvgIpc) is 2.77. The molecule has 2 aromatic rings. The second-order valence-electron chi connectivity index (χ2n) is 3.99. The number of nitrogens with two attached hydrogens (primary N) is 1. The summed E-state index contributed by atoms with van der Waals surface area (Å²) in [6.07, 6.45) is -3.06. The Balaban J connectivity index is 2.27. The molecule has 0 radical (unpaired) electrons. The highest BCUT2D eigenvalue weighted by Crippen LogP contribution is 2.34. The topological polar surface area (TPSA) is 70.9 Å². The summed E-state index contributed by atoms with van der Waals surface area (Å²) in [5.74, 6) is -0.582. The van der Waals surface area contributed by atoms with Crippen LogP contribution in [0.4, 0.5) is 24.5 Å². The molecular formula is C12H9BrF3N3O. The minimum Gasteiger partial charge on any atom is -0.397 e. The van der Waals surface area contributed by atoms with Gasteiger partial charge in [-0.15, -0.1) is 0 Å². The summed E-state index contributed by atoms with van der Waals surface area (Å²) in [6, 6.07) is 4.39. The molecule has 0 unspecified atom stereocenters. The van der Waals surface area contributed by atoms with Gasteiger partial charge in [-0.2, -0.15) is 13.2 Å². The third kappa shape index (κ3) is 3.13. The van der Waals surface area contributed by atoms with E-state index in [1.165, 1.54) is 18.3 Å². The van der Waals surface area contributed by atoms with Gasteiger partial charge in [-0.1, -0.05) is 0 Å². The van der Waals surface area contributed by atoms with Crippen molar-refractivity contribution in [2.75, 3.05) is 11.1 Å². The van der Waals surface area contributed by atoms with Crippen molar-refractivity contribution in [3.63, 3.8) is 0 Å². The third-order valence-electron chi connectivity index (χ3n) is 2.49. The molecule has 0 spiro atoms. The van der Waals surface area contributed by atoms with Gasteiger partial charge in [0.2, 0.25) is 0 Å². The number of hydrogen-bond donors (Lipinski definition) is 3. The van der Waals surface area contributed by atoms with Crippen molar-refractivity contribution in [1.29, 1.82) is 0 Å². The minimum absolute atomic E-state index is 0.0259. The number of benzene rings is 1. The predicted octanol–water partition coefficient (Wildman–Crippen LogP) is 3.63. The Morgan fingerprint density at radius 2 is 2.00 bits per heavy atom. The first-order chi connectivity index (χ1) is 9.27. The molecule has 8 heteroatoms. The fourth-order valence-corrected chi connectivity index (χ4v) is 1.87. The summed E-state index contributed by atoms with van der Waals surface area (Å²) < 4.78 is 38.2. The summed E-state index contributed by atoms with van der Waals surface area (Å²) in [5.41, 5.74) is 5.15. The average molecular weight is 348 g/mol. The number of halogens is 4. The van der Waals surface area contributed by atoms with E-state index in [9.17, 15) is 18.0 Å². The Kier molecular flexibility index (Phi) is 3.76. The minimum atomic E-state index is -4.48. The molecular weight excluding hydrogens is 339 g/mol. The van der Waals surface area contributed by atoms with Gasteiger partial charge in [-0.05, 0) is 40.2 Å². The number of alkyl halides is 3. The number of nitrogen functional groups attached to an aromatic ring is 1. The van der Waals surface area contributed by atoms with Gasteiger partial charge in [-0.3, -0.25) is 4.79 Å². The molecule has 0 saturated heterocycles. The molecule has 0 atom stereocenters. The maximum Gasteiger partial charge on any atom is 0.416 e. The van der Waals surface area contributed by atoms with E-state index in [1.807, 2.05) is 0 Å². The number of aromatic nitrogens is 1. The molecule has 0 saturated carbocycles. The molecule has 2 rings (SSSR count). The van der Waals surface area contributed by atoms with Gasteiger partial charge in [0.25, 0.3) is 5.91 Å². The molecule has 106 valence electrons. The number of aromatic amines is 1. The maximum absolute atomic E-state index is 12.6. The molecule has 1 aromatic carbocycles. The monoisotopic (exact) mass is 347 g/mol. The lowest BCUT2D eigenvalue weighted by Gasteiger charge is -2.11. The van der Waals surface area contributed by atoms with Crippen LogP contribution >= 0.6 is 15.9 Å². The van der Waals surface area contributed by atoms with Crippen LogP contribution in [-0.2, 0) is 6.18 Å². The van der Waals surface area contributed by atoms with Crippen LogP contribution < -0.4 is 11.1 Å². The number of H-pyrrole nitrogens is 1. The largest absolute Gasteiger partial charge is 0.416 e. The van der Waals surface area contributed by atoms with Crippen molar-refractivity contribution in [2.45, 2.75) is 6.18 Å². The molecule has 1 amide bonds. The summed E-state index contributed by atoms with van der Waals surface area (Å²) in [6.45, 7) is 0. The van der Waals surface area contributed by atoms with E-state index in [0.717, 1.165) is 12.1 Å². The third-order valence-corrected chi connectivity index (χ3v) is 3.18. The zero-order valence-electron chi connectivity index (χ0n) is 9.88. The highest BCUT2D eigenvalue weighted by Gasteiger charge is 2.31. The number of anilines is 2. The molecule has 1 aromatic heterocycles. The van der Waals surface area contributed by atoms with E-state index < -0.39 is 17.6 Å². The van der Waals surface area contributed by atoms with Crippen LogP contribution in [0.25, 0.3) is 0 Å². The first kappa shape index (κ1) is 14.4. The molecule has 0 bridgehead atoms. The number of carbonyl (C=O) groups excluding carboxylic acids is 1. The van der Waals surface area contributed by atoms with E-state index in [2.05, 4.69) is 26.2 Å². The molecule has 0 aliphatic heterocycles. The Morgan fingerprint density at radius 3 is 2.55 bits per heavy atom. The Bertz CT molecular complexity index is 652. The highest BCUT2D eigenvalue weighted by atomic mass is 79.9. The van der Waals surface area contributed by atoms with Crippen LogP contribution in [-0.4, -0.2) is 10.9 Å². The van der Waals surface area contributed by atoms with Crippen LogP contribution in [0.3, 0.4) is 0 Å². The van der Waals surface area contributed by atoms with Crippen molar-refractivity contribution in [3.05, 3.63) is 46.2 Å². The lowest BCUT2D eigenvalue weighted by molar-refractivity contribution is -0.137. The zero-order chi connectivity index (χ0) is 14.9. The van der Waals surface area contributed by atoms with Crippen LogP contribution in [0.15, 0.2) is 34.9 Å². The summed E-state index contributed by atoms with van der Waals surface area (Å²) >= 11 is 3.09. The second-order valence-corrected chi connectivity index (χ2v) is 4.85. The van der Waals surface area contributed by atoms with E-state index in [-0.39, 0.29) is 11.4 Å². The first-order valence-electron chi connectivity index (χ1n) is 5.39. The maximum atomic E-state index is 12.6. The van der Waals surface area contributed by atoms with Crippen LogP contribution in [0.1, 0.15) is 16.1 Å². The van der Waals surface area contributed by atoms with Crippen molar-refractivity contribution >= 4 is 33.2 Å². The van der Waals surface area contributed by atoms with Gasteiger partial charge >= 0.3 is 6.18 Å². The van der Waals surface area contributed by atoms with E-state index in [4.69, 9.17) is 5.73 Å². The van der Waals surface area contributed by atoms with Gasteiger partial charge in [0, 0.05) is 16.4 Å². The van der Waals surface area contributed by atoms with E-state index >= 15 is 0 Å². The fraction of sp³-hybridized carbons (Fsp3) is 0.0833. The smallest absolute Gasteiger partial charge is 0.397 e. The number of amides is 1. The Morgan fingerprint density at radius 1 is 1.30 bits per heavy atom. The van der Waals surface area contributed by atoms with Crippen LogP contribution in [0.5, 0.6) is 0 Å². The highest BCUT2D eigenvalue weighted by molar-refractivity contribution is 9.10. The molecule has 0 fully saturated rings. The molecule has 0 aliphatic carbocycles. The van der Waals surface area contributed by atoms with Gasteiger partial charge in [0.15, 0.2) is 0 Å². The van der Waals surface area contributed by atoms with Gasteiger partial charge < -0.3 is 16.0 Å².